The zero-order valence-electron chi connectivity index (χ0n) is 11.5. The smallest absolute Gasteiger partial charge is 0.0448 e. The number of nitrogens with two attached hydrogens (primary N) is 1. The first-order chi connectivity index (χ1) is 9.29. The Morgan fingerprint density at radius 1 is 1.32 bits per heavy atom. The third-order valence-electron chi connectivity index (χ3n) is 4.15. The average molecular weight is 255 g/mol. The molecule has 0 spiro atoms. The molecule has 1 aliphatic rings. The first-order valence-electron chi connectivity index (χ1n) is 7.16. The van der Waals surface area contributed by atoms with Gasteiger partial charge in [-0.3, -0.25) is 4.98 Å². The third kappa shape index (κ3) is 2.25. The molecule has 1 aromatic carbocycles. The van der Waals surface area contributed by atoms with Crippen molar-refractivity contribution in [1.82, 2.24) is 4.98 Å². The molecular weight excluding hydrogens is 234 g/mol. The number of fused-ring (bicyclic) bond motifs is 1. The van der Waals surface area contributed by atoms with Gasteiger partial charge in [0, 0.05) is 47.6 Å². The van der Waals surface area contributed by atoms with Gasteiger partial charge in [-0.05, 0) is 37.0 Å². The van der Waals surface area contributed by atoms with Crippen molar-refractivity contribution in [1.29, 1.82) is 0 Å². The Bertz CT molecular complexity index is 579. The summed E-state index contributed by atoms with van der Waals surface area (Å²) in [4.78, 5) is 6.69. The number of aromatic nitrogens is 1. The molecule has 19 heavy (non-hydrogen) atoms. The van der Waals surface area contributed by atoms with Crippen molar-refractivity contribution >= 4 is 22.1 Å². The molecule has 0 saturated carbocycles. The molecule has 0 aliphatic carbocycles. The fourth-order valence-corrected chi connectivity index (χ4v) is 3.17. The normalized spacial score (nSPS) is 19.2. The molecule has 1 aromatic heterocycles. The summed E-state index contributed by atoms with van der Waals surface area (Å²) < 4.78 is 0. The quantitative estimate of drug-likeness (QED) is 0.854. The van der Waals surface area contributed by atoms with E-state index >= 15 is 0 Å². The van der Waals surface area contributed by atoms with Gasteiger partial charge in [-0.2, -0.15) is 0 Å². The SMILES string of the molecule is CCCC1CCN(c2ccc(N)c3cnccc23)C1. The van der Waals surface area contributed by atoms with Gasteiger partial charge in [0.2, 0.25) is 0 Å². The van der Waals surface area contributed by atoms with E-state index in [2.05, 4.69) is 28.9 Å². The number of hydrogen-bond acceptors (Lipinski definition) is 3. The Balaban J connectivity index is 1.96. The lowest BCUT2D eigenvalue weighted by molar-refractivity contribution is 0.530. The van der Waals surface area contributed by atoms with Crippen LogP contribution in [0.15, 0.2) is 30.6 Å². The maximum absolute atomic E-state index is 6.04. The standard InChI is InChI=1S/C16H21N3/c1-2-3-12-7-9-19(11-12)16-5-4-15(17)14-10-18-8-6-13(14)16/h4-6,8,10,12H,2-3,7,9,11,17H2,1H3. The van der Waals surface area contributed by atoms with Crippen LogP contribution < -0.4 is 10.6 Å². The summed E-state index contributed by atoms with van der Waals surface area (Å²) in [5.41, 5.74) is 8.17. The van der Waals surface area contributed by atoms with Crippen molar-refractivity contribution in [2.45, 2.75) is 26.2 Å². The number of benzene rings is 1. The van der Waals surface area contributed by atoms with Crippen molar-refractivity contribution in [3.8, 4) is 0 Å². The molecule has 1 atom stereocenters. The highest BCUT2D eigenvalue weighted by atomic mass is 15.2. The molecule has 3 heteroatoms. The fraction of sp³-hybridized carbons (Fsp3) is 0.438. The highest BCUT2D eigenvalue weighted by Crippen LogP contribution is 2.34. The van der Waals surface area contributed by atoms with Gasteiger partial charge < -0.3 is 10.6 Å². The van der Waals surface area contributed by atoms with E-state index in [4.69, 9.17) is 5.73 Å². The second-order valence-corrected chi connectivity index (χ2v) is 5.48. The Morgan fingerprint density at radius 3 is 3.05 bits per heavy atom. The van der Waals surface area contributed by atoms with Crippen molar-refractivity contribution < 1.29 is 0 Å². The topological polar surface area (TPSA) is 42.1 Å². The molecule has 0 bridgehead atoms. The molecule has 1 aliphatic heterocycles. The Hall–Kier alpha value is -1.77. The number of anilines is 2. The van der Waals surface area contributed by atoms with E-state index in [9.17, 15) is 0 Å². The summed E-state index contributed by atoms with van der Waals surface area (Å²) in [6.45, 7) is 4.61. The highest BCUT2D eigenvalue weighted by molar-refractivity contribution is 6.00. The Morgan fingerprint density at radius 2 is 2.21 bits per heavy atom. The van der Waals surface area contributed by atoms with Crippen molar-refractivity contribution in [2.75, 3.05) is 23.7 Å². The molecule has 3 rings (SSSR count). The van der Waals surface area contributed by atoms with Crippen LogP contribution in [0.4, 0.5) is 11.4 Å². The molecule has 0 radical (unpaired) electrons. The summed E-state index contributed by atoms with van der Waals surface area (Å²) >= 11 is 0. The third-order valence-corrected chi connectivity index (χ3v) is 4.15. The van der Waals surface area contributed by atoms with E-state index in [1.54, 1.807) is 0 Å². The van der Waals surface area contributed by atoms with Gasteiger partial charge in [0.25, 0.3) is 0 Å². The van der Waals surface area contributed by atoms with E-state index in [0.29, 0.717) is 0 Å². The first kappa shape index (κ1) is 12.3. The lowest BCUT2D eigenvalue weighted by atomic mass is 10.0. The second kappa shape index (κ2) is 5.08. The second-order valence-electron chi connectivity index (χ2n) is 5.48. The van der Waals surface area contributed by atoms with Crippen molar-refractivity contribution in [2.24, 2.45) is 5.92 Å². The summed E-state index contributed by atoms with van der Waals surface area (Å²) in [6.07, 6.45) is 7.65. The number of pyridine rings is 1. The lowest BCUT2D eigenvalue weighted by Gasteiger charge is -2.21. The molecule has 1 unspecified atom stereocenters. The molecule has 2 aromatic rings. The first-order valence-corrected chi connectivity index (χ1v) is 7.16. The zero-order chi connectivity index (χ0) is 13.2. The van der Waals surface area contributed by atoms with E-state index in [0.717, 1.165) is 23.5 Å². The van der Waals surface area contributed by atoms with Crippen LogP contribution in [0, 0.1) is 5.92 Å². The van der Waals surface area contributed by atoms with Gasteiger partial charge in [-0.25, -0.2) is 0 Å². The maximum atomic E-state index is 6.04. The molecule has 2 heterocycles. The lowest BCUT2D eigenvalue weighted by Crippen LogP contribution is -2.20. The van der Waals surface area contributed by atoms with E-state index in [1.807, 2.05) is 18.5 Å². The zero-order valence-corrected chi connectivity index (χ0v) is 11.5. The van der Waals surface area contributed by atoms with Crippen molar-refractivity contribution in [3.05, 3.63) is 30.6 Å². The van der Waals surface area contributed by atoms with Crippen LogP contribution in [-0.4, -0.2) is 18.1 Å². The van der Waals surface area contributed by atoms with Gasteiger partial charge in [0.1, 0.15) is 0 Å². The van der Waals surface area contributed by atoms with Gasteiger partial charge in [0.05, 0.1) is 0 Å². The Labute approximate surface area is 114 Å². The van der Waals surface area contributed by atoms with Crippen LogP contribution in [0.1, 0.15) is 26.2 Å². The summed E-state index contributed by atoms with van der Waals surface area (Å²) in [6, 6.07) is 6.24. The maximum Gasteiger partial charge on any atom is 0.0448 e. The van der Waals surface area contributed by atoms with Crippen LogP contribution in [0.5, 0.6) is 0 Å². The largest absolute Gasteiger partial charge is 0.398 e. The minimum absolute atomic E-state index is 0.816. The molecule has 1 saturated heterocycles. The molecule has 3 nitrogen and oxygen atoms in total. The molecule has 2 N–H and O–H groups in total. The van der Waals surface area contributed by atoms with Gasteiger partial charge in [-0.1, -0.05) is 13.3 Å². The van der Waals surface area contributed by atoms with E-state index in [-0.39, 0.29) is 0 Å². The monoisotopic (exact) mass is 255 g/mol. The predicted octanol–water partition coefficient (Wildman–Crippen LogP) is 3.44. The Kier molecular flexibility index (Phi) is 3.28. The summed E-state index contributed by atoms with van der Waals surface area (Å²) in [5, 5.41) is 2.30. The highest BCUT2D eigenvalue weighted by Gasteiger charge is 2.23. The number of nitrogen functional groups attached to an aromatic ring is 1. The molecule has 100 valence electrons. The van der Waals surface area contributed by atoms with Crippen molar-refractivity contribution in [3.63, 3.8) is 0 Å². The van der Waals surface area contributed by atoms with Gasteiger partial charge >= 0.3 is 0 Å². The minimum Gasteiger partial charge on any atom is -0.398 e. The average Bonchev–Trinajstić information content (AvgIpc) is 2.88. The summed E-state index contributed by atoms with van der Waals surface area (Å²) in [7, 11) is 0. The van der Waals surface area contributed by atoms with Crippen LogP contribution in [-0.2, 0) is 0 Å². The van der Waals surface area contributed by atoms with Crippen LogP contribution in [0.25, 0.3) is 10.8 Å². The molecule has 1 fully saturated rings. The fourth-order valence-electron chi connectivity index (χ4n) is 3.17. The van der Waals surface area contributed by atoms with Gasteiger partial charge in [-0.15, -0.1) is 0 Å². The number of hydrogen-bond donors (Lipinski definition) is 1. The van der Waals surface area contributed by atoms with E-state index in [1.165, 1.54) is 36.9 Å². The van der Waals surface area contributed by atoms with Crippen LogP contribution in [0.2, 0.25) is 0 Å². The van der Waals surface area contributed by atoms with E-state index < -0.39 is 0 Å². The van der Waals surface area contributed by atoms with Crippen LogP contribution >= 0.6 is 0 Å². The number of nitrogens with zero attached hydrogens (tertiary/aromatic N) is 2. The molecular formula is C16H21N3. The van der Waals surface area contributed by atoms with Gasteiger partial charge in [0.15, 0.2) is 0 Å². The number of rotatable bonds is 3. The minimum atomic E-state index is 0.816. The van der Waals surface area contributed by atoms with Crippen LogP contribution in [0.3, 0.4) is 0 Å². The predicted molar refractivity (Wildman–Crippen MR) is 81.4 cm³/mol. The molecule has 0 amide bonds. The summed E-state index contributed by atoms with van der Waals surface area (Å²) in [5.74, 6) is 0.847.